The van der Waals surface area contributed by atoms with Crippen molar-refractivity contribution in [1.29, 1.82) is 0 Å². The number of anilines is 1. The number of rotatable bonds is 2. The van der Waals surface area contributed by atoms with E-state index in [1.165, 1.54) is 12.8 Å². The summed E-state index contributed by atoms with van der Waals surface area (Å²) in [5.41, 5.74) is 7.58. The van der Waals surface area contributed by atoms with Gasteiger partial charge in [0.2, 0.25) is 0 Å². The van der Waals surface area contributed by atoms with Gasteiger partial charge < -0.3 is 15.8 Å². The predicted molar refractivity (Wildman–Crippen MR) is 77.3 cm³/mol. The number of piperidine rings is 1. The standard InChI is InChI=1S/C13H18BrN3O/c1-9-5-7-17(8-6-9)11-4-2-3-10(14)12(11)13(15)16-18/h2-4,9,18H,5-8H2,1H3,(H2,15,16). The fraction of sp³-hybridized carbons (Fsp3) is 0.462. The summed E-state index contributed by atoms with van der Waals surface area (Å²) in [6.45, 7) is 4.31. The Morgan fingerprint density at radius 1 is 1.44 bits per heavy atom. The first-order chi connectivity index (χ1) is 8.63. The molecule has 1 saturated heterocycles. The molecule has 0 aliphatic carbocycles. The summed E-state index contributed by atoms with van der Waals surface area (Å²) in [6, 6.07) is 5.91. The molecule has 1 aliphatic heterocycles. The zero-order valence-electron chi connectivity index (χ0n) is 10.4. The second kappa shape index (κ2) is 5.61. The van der Waals surface area contributed by atoms with Crippen molar-refractivity contribution >= 4 is 27.5 Å². The highest BCUT2D eigenvalue weighted by Gasteiger charge is 2.20. The average Bonchev–Trinajstić information content (AvgIpc) is 2.38. The minimum absolute atomic E-state index is 0.149. The molecule has 0 saturated carbocycles. The molecule has 3 N–H and O–H groups in total. The first kappa shape index (κ1) is 13.2. The maximum absolute atomic E-state index is 8.90. The van der Waals surface area contributed by atoms with Gasteiger partial charge in [0.1, 0.15) is 0 Å². The number of nitrogens with two attached hydrogens (primary N) is 1. The minimum atomic E-state index is 0.149. The van der Waals surface area contributed by atoms with Crippen molar-refractivity contribution in [3.8, 4) is 0 Å². The average molecular weight is 312 g/mol. The molecule has 0 atom stereocenters. The van der Waals surface area contributed by atoms with Gasteiger partial charge in [0.05, 0.1) is 5.56 Å². The summed E-state index contributed by atoms with van der Waals surface area (Å²) >= 11 is 3.47. The molecule has 5 heteroatoms. The van der Waals surface area contributed by atoms with E-state index in [0.717, 1.165) is 34.7 Å². The van der Waals surface area contributed by atoms with E-state index in [2.05, 4.69) is 32.9 Å². The monoisotopic (exact) mass is 311 g/mol. The van der Waals surface area contributed by atoms with Crippen LogP contribution in [0, 0.1) is 5.92 Å². The molecule has 0 radical (unpaired) electrons. The highest BCUT2D eigenvalue weighted by molar-refractivity contribution is 9.10. The largest absolute Gasteiger partial charge is 0.409 e. The second-order valence-electron chi connectivity index (χ2n) is 4.79. The van der Waals surface area contributed by atoms with Crippen LogP contribution in [0.25, 0.3) is 0 Å². The molecule has 0 unspecified atom stereocenters. The molecule has 0 aromatic heterocycles. The van der Waals surface area contributed by atoms with Gasteiger partial charge in [0, 0.05) is 23.2 Å². The highest BCUT2D eigenvalue weighted by atomic mass is 79.9. The van der Waals surface area contributed by atoms with Crippen molar-refractivity contribution in [3.63, 3.8) is 0 Å². The normalized spacial score (nSPS) is 18.1. The Bertz CT molecular complexity index is 454. The fourth-order valence-electron chi connectivity index (χ4n) is 2.33. The predicted octanol–water partition coefficient (Wildman–Crippen LogP) is 2.78. The summed E-state index contributed by atoms with van der Waals surface area (Å²) in [4.78, 5) is 2.30. The zero-order valence-corrected chi connectivity index (χ0v) is 12.0. The van der Waals surface area contributed by atoms with Gasteiger partial charge in [-0.15, -0.1) is 0 Å². The van der Waals surface area contributed by atoms with Crippen LogP contribution in [-0.2, 0) is 0 Å². The van der Waals surface area contributed by atoms with Gasteiger partial charge in [-0.3, -0.25) is 0 Å². The summed E-state index contributed by atoms with van der Waals surface area (Å²) in [5, 5.41) is 12.0. The smallest absolute Gasteiger partial charge is 0.173 e. The van der Waals surface area contributed by atoms with Gasteiger partial charge in [-0.25, -0.2) is 0 Å². The van der Waals surface area contributed by atoms with Crippen LogP contribution in [0.1, 0.15) is 25.3 Å². The Morgan fingerprint density at radius 2 is 2.11 bits per heavy atom. The number of nitrogens with zero attached hydrogens (tertiary/aromatic N) is 2. The Hall–Kier alpha value is -1.23. The van der Waals surface area contributed by atoms with Crippen LogP contribution in [0.5, 0.6) is 0 Å². The molecule has 1 fully saturated rings. The van der Waals surface area contributed by atoms with E-state index >= 15 is 0 Å². The molecule has 1 aliphatic rings. The lowest BCUT2D eigenvalue weighted by molar-refractivity contribution is 0.318. The number of hydrogen-bond donors (Lipinski definition) is 2. The minimum Gasteiger partial charge on any atom is -0.409 e. The van der Waals surface area contributed by atoms with Gasteiger partial charge in [-0.2, -0.15) is 0 Å². The lowest BCUT2D eigenvalue weighted by Gasteiger charge is -2.33. The topological polar surface area (TPSA) is 61.8 Å². The van der Waals surface area contributed by atoms with E-state index in [0.29, 0.717) is 0 Å². The lowest BCUT2D eigenvalue weighted by atomic mass is 9.98. The van der Waals surface area contributed by atoms with Gasteiger partial charge in [0.25, 0.3) is 0 Å². The zero-order chi connectivity index (χ0) is 13.1. The molecule has 1 aromatic rings. The Labute approximate surface area is 116 Å². The maximum atomic E-state index is 8.90. The molecule has 4 nitrogen and oxygen atoms in total. The van der Waals surface area contributed by atoms with Crippen LogP contribution < -0.4 is 10.6 Å². The summed E-state index contributed by atoms with van der Waals surface area (Å²) < 4.78 is 0.855. The summed E-state index contributed by atoms with van der Waals surface area (Å²) in [7, 11) is 0. The SMILES string of the molecule is CC1CCN(c2cccc(Br)c2/C(N)=N/O)CC1. The second-order valence-corrected chi connectivity index (χ2v) is 5.64. The van der Waals surface area contributed by atoms with Gasteiger partial charge in [-0.1, -0.05) is 18.1 Å². The molecule has 1 aromatic carbocycles. The third kappa shape index (κ3) is 2.61. The molecule has 0 bridgehead atoms. The number of benzene rings is 1. The van der Waals surface area contributed by atoms with E-state index in [1.54, 1.807) is 0 Å². The van der Waals surface area contributed by atoms with E-state index < -0.39 is 0 Å². The fourth-order valence-corrected chi connectivity index (χ4v) is 2.89. The first-order valence-electron chi connectivity index (χ1n) is 6.15. The highest BCUT2D eigenvalue weighted by Crippen LogP contribution is 2.30. The molecular formula is C13H18BrN3O. The Morgan fingerprint density at radius 3 is 2.72 bits per heavy atom. The number of oxime groups is 1. The van der Waals surface area contributed by atoms with Crippen molar-refractivity contribution in [2.75, 3.05) is 18.0 Å². The van der Waals surface area contributed by atoms with Crippen LogP contribution >= 0.6 is 15.9 Å². The first-order valence-corrected chi connectivity index (χ1v) is 6.94. The van der Waals surface area contributed by atoms with Crippen LogP contribution in [0.15, 0.2) is 27.8 Å². The van der Waals surface area contributed by atoms with Crippen LogP contribution in [-0.4, -0.2) is 24.1 Å². The molecule has 18 heavy (non-hydrogen) atoms. The third-order valence-corrected chi connectivity index (χ3v) is 4.14. The van der Waals surface area contributed by atoms with Crippen LogP contribution in [0.4, 0.5) is 5.69 Å². The van der Waals surface area contributed by atoms with Crippen molar-refractivity contribution in [2.24, 2.45) is 16.8 Å². The number of hydrogen-bond acceptors (Lipinski definition) is 3. The molecule has 0 spiro atoms. The van der Waals surface area contributed by atoms with Gasteiger partial charge >= 0.3 is 0 Å². The van der Waals surface area contributed by atoms with E-state index in [1.807, 2.05) is 18.2 Å². The van der Waals surface area contributed by atoms with Crippen molar-refractivity contribution in [3.05, 3.63) is 28.2 Å². The molecule has 98 valence electrons. The summed E-state index contributed by atoms with van der Waals surface area (Å²) in [5.74, 6) is 0.928. The van der Waals surface area contributed by atoms with Gasteiger partial charge in [-0.05, 0) is 46.8 Å². The molecular weight excluding hydrogens is 294 g/mol. The lowest BCUT2D eigenvalue weighted by Crippen LogP contribution is -2.34. The quantitative estimate of drug-likeness (QED) is 0.382. The van der Waals surface area contributed by atoms with Crippen molar-refractivity contribution in [1.82, 2.24) is 0 Å². The van der Waals surface area contributed by atoms with Crippen molar-refractivity contribution in [2.45, 2.75) is 19.8 Å². The maximum Gasteiger partial charge on any atom is 0.173 e. The molecule has 2 rings (SSSR count). The van der Waals surface area contributed by atoms with E-state index in [4.69, 9.17) is 10.9 Å². The number of amidine groups is 1. The molecule has 1 heterocycles. The Balaban J connectivity index is 2.35. The number of halogens is 1. The van der Waals surface area contributed by atoms with Crippen LogP contribution in [0.2, 0.25) is 0 Å². The van der Waals surface area contributed by atoms with E-state index in [9.17, 15) is 0 Å². The van der Waals surface area contributed by atoms with E-state index in [-0.39, 0.29) is 5.84 Å². The Kier molecular flexibility index (Phi) is 4.11. The van der Waals surface area contributed by atoms with Crippen LogP contribution in [0.3, 0.4) is 0 Å². The summed E-state index contributed by atoms with van der Waals surface area (Å²) in [6.07, 6.45) is 2.37. The molecule has 0 amide bonds. The van der Waals surface area contributed by atoms with Gasteiger partial charge in [0.15, 0.2) is 5.84 Å². The third-order valence-electron chi connectivity index (χ3n) is 3.48. The van der Waals surface area contributed by atoms with Crippen molar-refractivity contribution < 1.29 is 5.21 Å².